The fourth-order valence-electron chi connectivity index (χ4n) is 0.465. The van der Waals surface area contributed by atoms with Gasteiger partial charge in [0.25, 0.3) is 0 Å². The molecule has 1 aromatic rings. The lowest BCUT2D eigenvalue weighted by molar-refractivity contribution is 1.18. The van der Waals surface area contributed by atoms with Crippen LogP contribution in [0.1, 0.15) is 5.56 Å². The summed E-state index contributed by atoms with van der Waals surface area (Å²) in [6.45, 7) is 0. The summed E-state index contributed by atoms with van der Waals surface area (Å²) in [4.78, 5) is 7.68. The van der Waals surface area contributed by atoms with Crippen molar-refractivity contribution in [3.63, 3.8) is 0 Å². The smallest absolute Gasteiger partial charge is 0.219 e. The fraction of sp³-hybridized carbons (Fsp3) is 0. The van der Waals surface area contributed by atoms with Crippen LogP contribution in [-0.2, 0) is 0 Å². The summed E-state index contributed by atoms with van der Waals surface area (Å²) in [5.41, 5.74) is 11.1. The van der Waals surface area contributed by atoms with E-state index in [0.29, 0.717) is 5.56 Å². The Morgan fingerprint density at radius 2 is 1.90 bits per heavy atom. The number of hydrogen-bond acceptors (Lipinski definition) is 4. The first-order valence-corrected chi connectivity index (χ1v) is 2.98. The molecule has 0 saturated heterocycles. The lowest BCUT2D eigenvalue weighted by atomic mass is 10.3. The maximum atomic E-state index is 5.27. The third kappa shape index (κ3) is 1.38. The molecular weight excluding hydrogens is 148 g/mol. The van der Waals surface area contributed by atoms with E-state index in [9.17, 15) is 0 Å². The first-order chi connectivity index (χ1) is 4.70. The van der Waals surface area contributed by atoms with E-state index in [1.807, 2.05) is 0 Å². The minimum atomic E-state index is 0.222. The second-order valence-electron chi connectivity index (χ2n) is 1.69. The first-order valence-electron chi connectivity index (χ1n) is 2.57. The molecule has 0 aliphatic rings. The standard InChI is InChI=1S/C5H6N4S/c6-4(10)3-1-8-5(7)9-2-3/h1-2H,(H2,6,10)(H2,7,8,9). The van der Waals surface area contributed by atoms with E-state index in [1.54, 1.807) is 0 Å². The molecule has 1 rings (SSSR count). The zero-order valence-corrected chi connectivity index (χ0v) is 5.93. The summed E-state index contributed by atoms with van der Waals surface area (Å²) in [6, 6.07) is 0. The highest BCUT2D eigenvalue weighted by Crippen LogP contribution is 1.95. The van der Waals surface area contributed by atoms with Crippen molar-refractivity contribution in [2.45, 2.75) is 0 Å². The lowest BCUT2D eigenvalue weighted by Gasteiger charge is -1.94. The van der Waals surface area contributed by atoms with Crippen LogP contribution in [0.3, 0.4) is 0 Å². The van der Waals surface area contributed by atoms with Gasteiger partial charge < -0.3 is 11.5 Å². The van der Waals surface area contributed by atoms with Crippen molar-refractivity contribution in [1.82, 2.24) is 9.97 Å². The Morgan fingerprint density at radius 3 is 2.30 bits per heavy atom. The van der Waals surface area contributed by atoms with E-state index in [4.69, 9.17) is 11.5 Å². The van der Waals surface area contributed by atoms with Crippen LogP contribution in [-0.4, -0.2) is 15.0 Å². The Labute approximate surface area is 63.3 Å². The molecule has 0 amide bonds. The van der Waals surface area contributed by atoms with Gasteiger partial charge in [-0.2, -0.15) is 0 Å². The SMILES string of the molecule is NC(=S)c1cnc(N)nc1. The highest BCUT2D eigenvalue weighted by Gasteiger charge is 1.94. The summed E-state index contributed by atoms with van der Waals surface area (Å²) in [5, 5.41) is 0. The monoisotopic (exact) mass is 154 g/mol. The lowest BCUT2D eigenvalue weighted by Crippen LogP contribution is -2.10. The van der Waals surface area contributed by atoms with Crippen LogP contribution < -0.4 is 11.5 Å². The summed E-state index contributed by atoms with van der Waals surface area (Å²) in [5.74, 6) is 0.222. The van der Waals surface area contributed by atoms with Gasteiger partial charge in [-0.15, -0.1) is 0 Å². The molecule has 0 fully saturated rings. The number of anilines is 1. The van der Waals surface area contributed by atoms with Gasteiger partial charge in [0.1, 0.15) is 4.99 Å². The summed E-state index contributed by atoms with van der Waals surface area (Å²) in [6.07, 6.45) is 2.98. The summed E-state index contributed by atoms with van der Waals surface area (Å²) < 4.78 is 0. The van der Waals surface area contributed by atoms with E-state index in [2.05, 4.69) is 22.2 Å². The topological polar surface area (TPSA) is 77.8 Å². The molecular formula is C5H6N4S. The highest BCUT2D eigenvalue weighted by molar-refractivity contribution is 7.80. The first kappa shape index (κ1) is 6.88. The molecule has 5 heteroatoms. The molecule has 0 bridgehead atoms. The van der Waals surface area contributed by atoms with Gasteiger partial charge in [0.05, 0.1) is 0 Å². The maximum absolute atomic E-state index is 5.27. The van der Waals surface area contributed by atoms with Crippen LogP contribution in [0.25, 0.3) is 0 Å². The van der Waals surface area contributed by atoms with Gasteiger partial charge in [-0.25, -0.2) is 9.97 Å². The van der Waals surface area contributed by atoms with Crippen molar-refractivity contribution in [1.29, 1.82) is 0 Å². The van der Waals surface area contributed by atoms with Crippen molar-refractivity contribution in [2.75, 3.05) is 5.73 Å². The number of nitrogen functional groups attached to an aromatic ring is 1. The summed E-state index contributed by atoms with van der Waals surface area (Å²) in [7, 11) is 0. The summed E-state index contributed by atoms with van der Waals surface area (Å²) >= 11 is 4.66. The predicted octanol–water partition coefficient (Wildman–Crippen LogP) is -0.307. The normalized spacial score (nSPS) is 9.20. The van der Waals surface area contributed by atoms with Crippen LogP contribution in [0, 0.1) is 0 Å². The third-order valence-corrected chi connectivity index (χ3v) is 1.19. The van der Waals surface area contributed by atoms with Crippen LogP contribution in [0.2, 0.25) is 0 Å². The molecule has 0 radical (unpaired) electrons. The largest absolute Gasteiger partial charge is 0.389 e. The fourth-order valence-corrected chi connectivity index (χ4v) is 0.571. The maximum Gasteiger partial charge on any atom is 0.219 e. The van der Waals surface area contributed by atoms with Crippen molar-refractivity contribution in [3.05, 3.63) is 18.0 Å². The van der Waals surface area contributed by atoms with Crippen LogP contribution in [0.15, 0.2) is 12.4 Å². The van der Waals surface area contributed by atoms with E-state index in [-0.39, 0.29) is 10.9 Å². The number of rotatable bonds is 1. The molecule has 4 N–H and O–H groups in total. The molecule has 4 nitrogen and oxygen atoms in total. The van der Waals surface area contributed by atoms with E-state index in [1.165, 1.54) is 12.4 Å². The second-order valence-corrected chi connectivity index (χ2v) is 2.13. The molecule has 0 unspecified atom stereocenters. The van der Waals surface area contributed by atoms with Crippen LogP contribution in [0.5, 0.6) is 0 Å². The Hall–Kier alpha value is -1.23. The Morgan fingerprint density at radius 1 is 1.40 bits per heavy atom. The molecule has 1 aromatic heterocycles. The molecule has 1 heterocycles. The van der Waals surface area contributed by atoms with Crippen molar-refractivity contribution >= 4 is 23.2 Å². The van der Waals surface area contributed by atoms with Gasteiger partial charge >= 0.3 is 0 Å². The Balaban J connectivity index is 3.00. The Kier molecular flexibility index (Phi) is 1.77. The van der Waals surface area contributed by atoms with E-state index < -0.39 is 0 Å². The molecule has 10 heavy (non-hydrogen) atoms. The zero-order valence-electron chi connectivity index (χ0n) is 5.11. The molecule has 0 saturated carbocycles. The molecule has 0 aliphatic carbocycles. The minimum Gasteiger partial charge on any atom is -0.389 e. The Bertz CT molecular complexity index is 242. The van der Waals surface area contributed by atoms with Gasteiger partial charge in [0.15, 0.2) is 0 Å². The minimum absolute atomic E-state index is 0.222. The average Bonchev–Trinajstić information content (AvgIpc) is 1.88. The molecule has 0 spiro atoms. The second kappa shape index (κ2) is 2.57. The van der Waals surface area contributed by atoms with E-state index >= 15 is 0 Å². The van der Waals surface area contributed by atoms with Crippen molar-refractivity contribution < 1.29 is 0 Å². The number of nitrogens with two attached hydrogens (primary N) is 2. The number of aromatic nitrogens is 2. The molecule has 0 aromatic carbocycles. The van der Waals surface area contributed by atoms with Gasteiger partial charge in [-0.3, -0.25) is 0 Å². The number of nitrogens with zero attached hydrogens (tertiary/aromatic N) is 2. The zero-order chi connectivity index (χ0) is 7.56. The average molecular weight is 154 g/mol. The van der Waals surface area contributed by atoms with Crippen molar-refractivity contribution in [2.24, 2.45) is 5.73 Å². The third-order valence-electron chi connectivity index (χ3n) is 0.956. The molecule has 52 valence electrons. The van der Waals surface area contributed by atoms with Gasteiger partial charge in [-0.1, -0.05) is 12.2 Å². The molecule has 0 aliphatic heterocycles. The van der Waals surface area contributed by atoms with Crippen LogP contribution in [0.4, 0.5) is 5.95 Å². The van der Waals surface area contributed by atoms with Gasteiger partial charge in [0.2, 0.25) is 5.95 Å². The van der Waals surface area contributed by atoms with Gasteiger partial charge in [-0.05, 0) is 0 Å². The highest BCUT2D eigenvalue weighted by atomic mass is 32.1. The number of thiocarbonyl (C=S) groups is 1. The van der Waals surface area contributed by atoms with E-state index in [0.717, 1.165) is 0 Å². The predicted molar refractivity (Wildman–Crippen MR) is 42.3 cm³/mol. The quantitative estimate of drug-likeness (QED) is 0.543. The van der Waals surface area contributed by atoms with Crippen molar-refractivity contribution in [3.8, 4) is 0 Å². The number of hydrogen-bond donors (Lipinski definition) is 2. The molecule has 0 atom stereocenters. The van der Waals surface area contributed by atoms with Gasteiger partial charge in [0, 0.05) is 18.0 Å². The van der Waals surface area contributed by atoms with Crippen LogP contribution >= 0.6 is 12.2 Å².